The highest BCUT2D eigenvalue weighted by Gasteiger charge is 2.19. The Morgan fingerprint density at radius 2 is 1.82 bits per heavy atom. The Bertz CT molecular complexity index is 609. The van der Waals surface area contributed by atoms with Gasteiger partial charge in [0.25, 0.3) is 0 Å². The van der Waals surface area contributed by atoms with Crippen molar-refractivity contribution in [2.24, 2.45) is 0 Å². The fourth-order valence-corrected chi connectivity index (χ4v) is 1.56. The van der Waals surface area contributed by atoms with Crippen LogP contribution in [0.5, 0.6) is 11.5 Å². The monoisotopic (exact) mass is 309 g/mol. The molecule has 8 nitrogen and oxygen atoms in total. The molecular weight excluding hydrogens is 294 g/mol. The van der Waals surface area contributed by atoms with Crippen LogP contribution in [0.3, 0.4) is 0 Å². The number of benzene rings is 1. The van der Waals surface area contributed by atoms with Crippen LogP contribution in [0.15, 0.2) is 24.3 Å². The van der Waals surface area contributed by atoms with Crippen molar-refractivity contribution in [2.75, 3.05) is 0 Å². The molecule has 118 valence electrons. The van der Waals surface area contributed by atoms with Crippen LogP contribution in [0.1, 0.15) is 18.4 Å². The topological polar surface area (TPSA) is 144 Å². The molecule has 0 heterocycles. The molecule has 0 fully saturated rings. The van der Waals surface area contributed by atoms with E-state index in [0.29, 0.717) is 5.56 Å². The SMILES string of the molecule is O=C(O)CCC(NC(=O)/C=C/c1ccc(O)c(O)c1)C(=O)O. The maximum atomic E-state index is 11.6. The van der Waals surface area contributed by atoms with Crippen LogP contribution in [-0.4, -0.2) is 44.3 Å². The summed E-state index contributed by atoms with van der Waals surface area (Å²) in [6.07, 6.45) is 1.74. The van der Waals surface area contributed by atoms with Crippen LogP contribution < -0.4 is 5.32 Å². The van der Waals surface area contributed by atoms with Gasteiger partial charge < -0.3 is 25.7 Å². The molecule has 0 aromatic heterocycles. The van der Waals surface area contributed by atoms with Gasteiger partial charge in [-0.05, 0) is 30.2 Å². The van der Waals surface area contributed by atoms with Gasteiger partial charge in [-0.3, -0.25) is 9.59 Å². The highest BCUT2D eigenvalue weighted by molar-refractivity contribution is 5.94. The van der Waals surface area contributed by atoms with Crippen molar-refractivity contribution in [1.82, 2.24) is 5.32 Å². The van der Waals surface area contributed by atoms with E-state index in [1.165, 1.54) is 24.3 Å². The van der Waals surface area contributed by atoms with E-state index < -0.39 is 23.9 Å². The summed E-state index contributed by atoms with van der Waals surface area (Å²) in [6.45, 7) is 0. The first-order valence-corrected chi connectivity index (χ1v) is 6.24. The van der Waals surface area contributed by atoms with Gasteiger partial charge in [0.2, 0.25) is 5.91 Å². The van der Waals surface area contributed by atoms with Crippen molar-refractivity contribution in [3.63, 3.8) is 0 Å². The van der Waals surface area contributed by atoms with Crippen molar-refractivity contribution < 1.29 is 34.8 Å². The highest BCUT2D eigenvalue weighted by atomic mass is 16.4. The van der Waals surface area contributed by atoms with Crippen molar-refractivity contribution in [2.45, 2.75) is 18.9 Å². The molecule has 0 aliphatic carbocycles. The third-order valence-electron chi connectivity index (χ3n) is 2.69. The number of phenolic OH excluding ortho intramolecular Hbond substituents is 2. The van der Waals surface area contributed by atoms with Gasteiger partial charge in [-0.15, -0.1) is 0 Å². The molecule has 1 atom stereocenters. The molecule has 0 spiro atoms. The fraction of sp³-hybridized carbons (Fsp3) is 0.214. The summed E-state index contributed by atoms with van der Waals surface area (Å²) in [5, 5.41) is 38.0. The first-order valence-electron chi connectivity index (χ1n) is 6.24. The summed E-state index contributed by atoms with van der Waals surface area (Å²) in [7, 11) is 0. The molecule has 1 aromatic carbocycles. The molecule has 1 unspecified atom stereocenters. The molecule has 0 aliphatic rings. The molecule has 1 aromatic rings. The van der Waals surface area contributed by atoms with Crippen LogP contribution in [0, 0.1) is 0 Å². The zero-order chi connectivity index (χ0) is 16.7. The summed E-state index contributed by atoms with van der Waals surface area (Å²) < 4.78 is 0. The number of rotatable bonds is 7. The lowest BCUT2D eigenvalue weighted by Crippen LogP contribution is -2.40. The first-order chi connectivity index (χ1) is 10.3. The van der Waals surface area contributed by atoms with Crippen molar-refractivity contribution in [3.05, 3.63) is 29.8 Å². The minimum absolute atomic E-state index is 0.232. The van der Waals surface area contributed by atoms with Gasteiger partial charge in [-0.25, -0.2) is 4.79 Å². The normalized spacial score (nSPS) is 12.0. The van der Waals surface area contributed by atoms with Crippen LogP contribution >= 0.6 is 0 Å². The van der Waals surface area contributed by atoms with Gasteiger partial charge in [-0.2, -0.15) is 0 Å². The Labute approximate surface area is 125 Å². The van der Waals surface area contributed by atoms with E-state index in [4.69, 9.17) is 15.3 Å². The second-order valence-corrected chi connectivity index (χ2v) is 4.41. The lowest BCUT2D eigenvalue weighted by atomic mass is 10.1. The number of carboxylic acids is 2. The average molecular weight is 309 g/mol. The molecule has 8 heteroatoms. The molecule has 1 rings (SSSR count). The predicted molar refractivity (Wildman–Crippen MR) is 75.2 cm³/mol. The summed E-state index contributed by atoms with van der Waals surface area (Å²) in [6, 6.07) is 2.59. The summed E-state index contributed by atoms with van der Waals surface area (Å²) in [5.74, 6) is -3.86. The number of carbonyl (C=O) groups is 3. The van der Waals surface area contributed by atoms with Gasteiger partial charge in [-0.1, -0.05) is 6.07 Å². The Kier molecular flexibility index (Phi) is 5.94. The van der Waals surface area contributed by atoms with Crippen molar-refractivity contribution in [1.29, 1.82) is 0 Å². The van der Waals surface area contributed by atoms with Gasteiger partial charge in [0.1, 0.15) is 6.04 Å². The van der Waals surface area contributed by atoms with Crippen molar-refractivity contribution in [3.8, 4) is 11.5 Å². The van der Waals surface area contributed by atoms with Gasteiger partial charge >= 0.3 is 11.9 Å². The first kappa shape index (κ1) is 17.0. The molecule has 0 saturated carbocycles. The van der Waals surface area contributed by atoms with Crippen LogP contribution in [0.2, 0.25) is 0 Å². The van der Waals surface area contributed by atoms with Crippen molar-refractivity contribution >= 4 is 23.9 Å². The Morgan fingerprint density at radius 3 is 2.36 bits per heavy atom. The Hall–Kier alpha value is -3.03. The predicted octanol–water partition coefficient (Wildman–Crippen LogP) is 0.545. The number of carboxylic acid groups (broad SMARTS) is 2. The minimum Gasteiger partial charge on any atom is -0.504 e. The number of hydrogen-bond donors (Lipinski definition) is 5. The summed E-state index contributed by atoms with van der Waals surface area (Å²) in [4.78, 5) is 32.9. The number of amides is 1. The van der Waals surface area contributed by atoms with E-state index in [-0.39, 0.29) is 24.3 Å². The quantitative estimate of drug-likeness (QED) is 0.365. The zero-order valence-corrected chi connectivity index (χ0v) is 11.4. The molecule has 5 N–H and O–H groups in total. The fourth-order valence-electron chi connectivity index (χ4n) is 1.56. The number of hydrogen-bond acceptors (Lipinski definition) is 5. The molecule has 0 radical (unpaired) electrons. The van der Waals surface area contributed by atoms with Gasteiger partial charge in [0.05, 0.1) is 0 Å². The largest absolute Gasteiger partial charge is 0.504 e. The second-order valence-electron chi connectivity index (χ2n) is 4.41. The molecule has 22 heavy (non-hydrogen) atoms. The van der Waals surface area contributed by atoms with E-state index in [1.54, 1.807) is 0 Å². The van der Waals surface area contributed by atoms with E-state index in [9.17, 15) is 19.5 Å². The number of aliphatic carboxylic acids is 2. The highest BCUT2D eigenvalue weighted by Crippen LogP contribution is 2.25. The lowest BCUT2D eigenvalue weighted by molar-refractivity contribution is -0.142. The zero-order valence-electron chi connectivity index (χ0n) is 11.4. The third kappa shape index (κ3) is 5.53. The average Bonchev–Trinajstić information content (AvgIpc) is 2.44. The number of nitrogens with one attached hydrogen (secondary N) is 1. The number of aromatic hydroxyl groups is 2. The number of phenols is 2. The van der Waals surface area contributed by atoms with Gasteiger partial charge in [0.15, 0.2) is 11.5 Å². The second kappa shape index (κ2) is 7.67. The summed E-state index contributed by atoms with van der Waals surface area (Å²) in [5.41, 5.74) is 0.419. The van der Waals surface area contributed by atoms with Crippen LogP contribution in [-0.2, 0) is 14.4 Å². The maximum absolute atomic E-state index is 11.6. The van der Waals surface area contributed by atoms with Gasteiger partial charge in [0, 0.05) is 12.5 Å². The molecule has 0 aliphatic heterocycles. The Balaban J connectivity index is 2.66. The number of carbonyl (C=O) groups excluding carboxylic acids is 1. The Morgan fingerprint density at radius 1 is 1.14 bits per heavy atom. The van der Waals surface area contributed by atoms with E-state index in [0.717, 1.165) is 6.08 Å². The smallest absolute Gasteiger partial charge is 0.326 e. The standard InChI is InChI=1S/C14H15NO7/c16-10-4-1-8(7-11(10)17)2-5-12(18)15-9(14(21)22)3-6-13(19)20/h1-2,4-5,7,9,16-17H,3,6H2,(H,15,18)(H,19,20)(H,21,22)/b5-2+. The van der Waals surface area contributed by atoms with E-state index >= 15 is 0 Å². The molecule has 0 saturated heterocycles. The maximum Gasteiger partial charge on any atom is 0.326 e. The summed E-state index contributed by atoms with van der Waals surface area (Å²) >= 11 is 0. The molecule has 1 amide bonds. The van der Waals surface area contributed by atoms with E-state index in [2.05, 4.69) is 5.32 Å². The van der Waals surface area contributed by atoms with Crippen LogP contribution in [0.25, 0.3) is 6.08 Å². The molecule has 0 bridgehead atoms. The third-order valence-corrected chi connectivity index (χ3v) is 2.69. The lowest BCUT2D eigenvalue weighted by Gasteiger charge is -2.11. The van der Waals surface area contributed by atoms with E-state index in [1.807, 2.05) is 0 Å². The minimum atomic E-state index is -1.33. The van der Waals surface area contributed by atoms with Crippen LogP contribution in [0.4, 0.5) is 0 Å². The molecular formula is C14H15NO7.